The van der Waals surface area contributed by atoms with E-state index in [2.05, 4.69) is 20.8 Å². The molecule has 4 N–H and O–H groups in total. The fraction of sp³-hybridized carbons (Fsp3) is 1.00. The largest absolute Gasteiger partial charge is 0.393 e. The number of hydrogen-bond donors (Lipinski definition) is 4. The maximum Gasteiger partial charge on any atom is 0.325 e. The van der Waals surface area contributed by atoms with Crippen molar-refractivity contribution >= 4 is 7.60 Å². The molecular weight excluding hydrogens is 399 g/mol. The van der Waals surface area contributed by atoms with Crippen molar-refractivity contribution in [2.45, 2.75) is 97.2 Å². The zero-order valence-electron chi connectivity index (χ0n) is 19.0. The molecule has 174 valence electrons. The number of rotatable bonds is 5. The highest BCUT2D eigenvalue weighted by molar-refractivity contribution is 7.51. The van der Waals surface area contributed by atoms with Gasteiger partial charge in [0, 0.05) is 6.16 Å². The molecule has 0 bridgehead atoms. The minimum atomic E-state index is -3.90. The van der Waals surface area contributed by atoms with Crippen molar-refractivity contribution < 1.29 is 24.6 Å². The molecule has 0 aromatic heterocycles. The summed E-state index contributed by atoms with van der Waals surface area (Å²) in [7, 11) is -3.90. The van der Waals surface area contributed by atoms with Gasteiger partial charge < -0.3 is 20.0 Å². The third kappa shape index (κ3) is 3.96. The summed E-state index contributed by atoms with van der Waals surface area (Å²) in [5.74, 6) is 3.02. The summed E-state index contributed by atoms with van der Waals surface area (Å²) < 4.78 is 11.2. The van der Waals surface area contributed by atoms with Crippen LogP contribution in [0.1, 0.15) is 85.0 Å². The van der Waals surface area contributed by atoms with Gasteiger partial charge in [0.1, 0.15) is 0 Å². The molecule has 6 heteroatoms. The first-order valence-corrected chi connectivity index (χ1v) is 14.2. The van der Waals surface area contributed by atoms with Gasteiger partial charge >= 0.3 is 7.60 Å². The number of fused-ring (bicyclic) bond motifs is 5. The van der Waals surface area contributed by atoms with Crippen molar-refractivity contribution in [2.75, 3.05) is 6.16 Å². The van der Waals surface area contributed by atoms with Crippen LogP contribution < -0.4 is 0 Å². The Morgan fingerprint density at radius 2 is 1.63 bits per heavy atom. The van der Waals surface area contributed by atoms with Crippen molar-refractivity contribution in [2.24, 2.45) is 46.3 Å². The lowest BCUT2D eigenvalue weighted by Crippen LogP contribution is -2.58. The Balaban J connectivity index is 1.49. The summed E-state index contributed by atoms with van der Waals surface area (Å²) in [4.78, 5) is 18.4. The Kier molecular flexibility index (Phi) is 6.30. The third-order valence-corrected chi connectivity index (χ3v) is 11.4. The lowest BCUT2D eigenvalue weighted by atomic mass is 9.43. The molecule has 0 aromatic rings. The van der Waals surface area contributed by atoms with E-state index in [1.54, 1.807) is 0 Å². The van der Waals surface area contributed by atoms with Crippen molar-refractivity contribution in [1.82, 2.24) is 0 Å². The van der Waals surface area contributed by atoms with Crippen LogP contribution in [0.25, 0.3) is 0 Å². The van der Waals surface area contributed by atoms with Crippen LogP contribution in [-0.2, 0) is 4.57 Å². The summed E-state index contributed by atoms with van der Waals surface area (Å²) in [6.45, 7) is 7.19. The highest BCUT2D eigenvalue weighted by atomic mass is 31.2. The quantitative estimate of drug-likeness (QED) is 0.468. The van der Waals surface area contributed by atoms with Crippen molar-refractivity contribution in [1.29, 1.82) is 0 Å². The molecule has 0 aliphatic heterocycles. The molecule has 0 unspecified atom stereocenters. The highest BCUT2D eigenvalue weighted by Crippen LogP contribution is 2.68. The van der Waals surface area contributed by atoms with Gasteiger partial charge in [-0.2, -0.15) is 0 Å². The Labute approximate surface area is 182 Å². The van der Waals surface area contributed by atoms with E-state index in [4.69, 9.17) is 0 Å². The zero-order valence-corrected chi connectivity index (χ0v) is 19.9. The zero-order chi connectivity index (χ0) is 21.9. The molecule has 0 spiro atoms. The fourth-order valence-electron chi connectivity index (χ4n) is 9.00. The average Bonchev–Trinajstić information content (AvgIpc) is 2.99. The SMILES string of the molecule is C[C@H](CCCP(=O)(O)O)[C@H]1CC[C@H]2[C@@H]3[C@@H](O)C[C@@H]4C[C@H](O)CC[C@]4(C)[C@H]3CC[C@]12C. The molecule has 0 radical (unpaired) electrons. The van der Waals surface area contributed by atoms with E-state index in [-0.39, 0.29) is 29.2 Å². The van der Waals surface area contributed by atoms with Gasteiger partial charge in [-0.1, -0.05) is 20.8 Å². The first-order valence-electron chi connectivity index (χ1n) is 12.4. The Bertz CT molecular complexity index is 679. The molecule has 4 aliphatic carbocycles. The third-order valence-electron chi connectivity index (χ3n) is 10.5. The molecule has 5 nitrogen and oxygen atoms in total. The van der Waals surface area contributed by atoms with Gasteiger partial charge in [-0.05, 0) is 111 Å². The smallest absolute Gasteiger partial charge is 0.325 e. The molecule has 4 saturated carbocycles. The first kappa shape index (κ1) is 23.2. The number of aliphatic hydroxyl groups excluding tert-OH is 2. The molecule has 0 aromatic carbocycles. The molecule has 10 atom stereocenters. The molecule has 0 heterocycles. The second-order valence-corrected chi connectivity index (χ2v) is 13.7. The van der Waals surface area contributed by atoms with Crippen LogP contribution in [0.4, 0.5) is 0 Å². The van der Waals surface area contributed by atoms with Crippen LogP contribution in [0.3, 0.4) is 0 Å². The van der Waals surface area contributed by atoms with Gasteiger partial charge in [0.25, 0.3) is 0 Å². The summed E-state index contributed by atoms with van der Waals surface area (Å²) in [6.07, 6.45) is 9.53. The topological polar surface area (TPSA) is 98.0 Å². The minimum Gasteiger partial charge on any atom is -0.393 e. The minimum absolute atomic E-state index is 0.000783. The molecule has 4 fully saturated rings. The van der Waals surface area contributed by atoms with E-state index in [1.807, 2.05) is 0 Å². The first-order chi connectivity index (χ1) is 14.0. The second kappa shape index (κ2) is 8.13. The van der Waals surface area contributed by atoms with E-state index < -0.39 is 7.60 Å². The lowest BCUT2D eigenvalue weighted by Gasteiger charge is -2.62. The van der Waals surface area contributed by atoms with Gasteiger partial charge in [0.15, 0.2) is 0 Å². The summed E-state index contributed by atoms with van der Waals surface area (Å²) in [6, 6.07) is 0. The van der Waals surface area contributed by atoms with Gasteiger partial charge in [-0.15, -0.1) is 0 Å². The van der Waals surface area contributed by atoms with E-state index in [9.17, 15) is 24.6 Å². The summed E-state index contributed by atoms with van der Waals surface area (Å²) in [5, 5.41) is 21.5. The van der Waals surface area contributed by atoms with Crippen LogP contribution in [0.5, 0.6) is 0 Å². The standard InChI is InChI=1S/C24H43O5P/c1-15(5-4-12-30(27,28)29)18-6-7-19-22-20(9-11-24(18,19)3)23(2)10-8-17(25)13-16(23)14-21(22)26/h15-22,25-26H,4-14H2,1-3H3,(H2,27,28,29)/t15-,16+,17-,18-,19+,20+,21+,22+,23+,24-/m1/s1. The van der Waals surface area contributed by atoms with Gasteiger partial charge in [-0.3, -0.25) is 4.57 Å². The van der Waals surface area contributed by atoms with Crippen LogP contribution in [0.15, 0.2) is 0 Å². The second-order valence-electron chi connectivity index (χ2n) is 12.0. The van der Waals surface area contributed by atoms with E-state index >= 15 is 0 Å². The summed E-state index contributed by atoms with van der Waals surface area (Å²) >= 11 is 0. The van der Waals surface area contributed by atoms with Crippen molar-refractivity contribution in [3.8, 4) is 0 Å². The van der Waals surface area contributed by atoms with Gasteiger partial charge in [-0.25, -0.2) is 0 Å². The monoisotopic (exact) mass is 442 g/mol. The van der Waals surface area contributed by atoms with Crippen molar-refractivity contribution in [3.05, 3.63) is 0 Å². The molecule has 4 rings (SSSR count). The normalized spacial score (nSPS) is 49.8. The van der Waals surface area contributed by atoms with E-state index in [0.29, 0.717) is 41.9 Å². The van der Waals surface area contributed by atoms with E-state index in [0.717, 1.165) is 32.1 Å². The van der Waals surface area contributed by atoms with Crippen molar-refractivity contribution in [3.63, 3.8) is 0 Å². The average molecular weight is 443 g/mol. The molecule has 0 amide bonds. The Morgan fingerprint density at radius 1 is 0.967 bits per heavy atom. The molecular formula is C24H43O5P. The highest BCUT2D eigenvalue weighted by Gasteiger charge is 2.62. The fourth-order valence-corrected chi connectivity index (χ4v) is 9.59. The maximum atomic E-state index is 11.3. The predicted molar refractivity (Wildman–Crippen MR) is 118 cm³/mol. The number of aliphatic hydroxyl groups is 2. The van der Waals surface area contributed by atoms with Crippen LogP contribution >= 0.6 is 7.60 Å². The van der Waals surface area contributed by atoms with Gasteiger partial charge in [0.05, 0.1) is 12.2 Å². The lowest BCUT2D eigenvalue weighted by molar-refractivity contribution is -0.174. The Hall–Kier alpha value is 0.0700. The van der Waals surface area contributed by atoms with Crippen LogP contribution in [-0.4, -0.2) is 38.4 Å². The number of hydrogen-bond acceptors (Lipinski definition) is 3. The van der Waals surface area contributed by atoms with Crippen LogP contribution in [0, 0.1) is 46.3 Å². The molecule has 0 saturated heterocycles. The predicted octanol–water partition coefficient (Wildman–Crippen LogP) is 4.57. The maximum absolute atomic E-state index is 11.3. The Morgan fingerprint density at radius 3 is 2.33 bits per heavy atom. The summed E-state index contributed by atoms with van der Waals surface area (Å²) in [5.41, 5.74) is 0.499. The van der Waals surface area contributed by atoms with E-state index in [1.165, 1.54) is 25.7 Å². The molecule has 30 heavy (non-hydrogen) atoms. The van der Waals surface area contributed by atoms with Crippen LogP contribution in [0.2, 0.25) is 0 Å². The van der Waals surface area contributed by atoms with Gasteiger partial charge in [0.2, 0.25) is 0 Å². The molecule has 4 aliphatic rings.